The fourth-order valence-electron chi connectivity index (χ4n) is 2.26. The van der Waals surface area contributed by atoms with Crippen LogP contribution in [0.4, 0.5) is 5.82 Å². The number of hydrogen-bond acceptors (Lipinski definition) is 3. The Morgan fingerprint density at radius 2 is 1.96 bits per heavy atom. The van der Waals surface area contributed by atoms with Crippen LogP contribution in [0.3, 0.4) is 0 Å². The third-order valence-electron chi connectivity index (χ3n) is 3.40. The predicted octanol–water partition coefficient (Wildman–Crippen LogP) is 4.26. The zero-order chi connectivity index (χ0) is 17.6. The van der Waals surface area contributed by atoms with Gasteiger partial charge < -0.3 is 10.1 Å². The van der Waals surface area contributed by atoms with Crippen LogP contribution in [-0.2, 0) is 11.3 Å². The molecule has 3 rings (SSSR count). The number of para-hydroxylation sites is 1. The Morgan fingerprint density at radius 1 is 1.12 bits per heavy atom. The Bertz CT molecular complexity index is 880. The molecule has 0 saturated carbocycles. The van der Waals surface area contributed by atoms with E-state index in [1.165, 1.54) is 0 Å². The molecule has 5 nitrogen and oxygen atoms in total. The zero-order valence-corrected chi connectivity index (χ0v) is 14.7. The number of nitrogens with zero attached hydrogens (tertiary/aromatic N) is 2. The summed E-state index contributed by atoms with van der Waals surface area (Å²) in [5.74, 6) is 0.743. The Kier molecular flexibility index (Phi) is 5.58. The second-order valence-electron chi connectivity index (χ2n) is 5.27. The molecule has 0 aliphatic rings. The molecule has 3 aromatic rings. The maximum absolute atomic E-state index is 12.1. The van der Waals surface area contributed by atoms with Gasteiger partial charge in [0.25, 0.3) is 5.91 Å². The lowest BCUT2D eigenvalue weighted by Gasteiger charge is -2.11. The van der Waals surface area contributed by atoms with E-state index in [9.17, 15) is 4.79 Å². The SMILES string of the molecule is O=C(COc1ccccc1Cl)Nc1ccnn1Cc1cccc(Cl)c1. The van der Waals surface area contributed by atoms with Gasteiger partial charge in [-0.25, -0.2) is 4.68 Å². The maximum atomic E-state index is 12.1. The number of carbonyl (C=O) groups is 1. The van der Waals surface area contributed by atoms with Gasteiger partial charge >= 0.3 is 0 Å². The average molecular weight is 376 g/mol. The molecule has 1 aromatic heterocycles. The zero-order valence-electron chi connectivity index (χ0n) is 13.2. The molecule has 1 amide bonds. The second kappa shape index (κ2) is 8.05. The molecule has 0 aliphatic heterocycles. The van der Waals surface area contributed by atoms with Crippen molar-refractivity contribution >= 4 is 34.9 Å². The van der Waals surface area contributed by atoms with E-state index in [2.05, 4.69) is 10.4 Å². The molecule has 7 heteroatoms. The number of carbonyl (C=O) groups excluding carboxylic acids is 1. The molecule has 1 heterocycles. The topological polar surface area (TPSA) is 56.1 Å². The first kappa shape index (κ1) is 17.3. The van der Waals surface area contributed by atoms with Gasteiger partial charge in [-0.2, -0.15) is 5.10 Å². The number of ether oxygens (including phenoxy) is 1. The minimum absolute atomic E-state index is 0.147. The predicted molar refractivity (Wildman–Crippen MR) is 98.4 cm³/mol. The molecule has 0 atom stereocenters. The molecule has 0 spiro atoms. The Hall–Kier alpha value is -2.50. The monoisotopic (exact) mass is 375 g/mol. The van der Waals surface area contributed by atoms with Gasteiger partial charge in [0.05, 0.1) is 17.8 Å². The Labute approximate surface area is 155 Å². The van der Waals surface area contributed by atoms with Crippen molar-refractivity contribution in [2.45, 2.75) is 6.54 Å². The third kappa shape index (κ3) is 4.75. The standard InChI is InChI=1S/C18H15Cl2N3O2/c19-14-5-3-4-13(10-14)11-23-17(8-9-21-23)22-18(24)12-25-16-7-2-1-6-15(16)20/h1-10H,11-12H2,(H,22,24). The van der Waals surface area contributed by atoms with E-state index in [0.29, 0.717) is 28.2 Å². The number of halogens is 2. The summed E-state index contributed by atoms with van der Waals surface area (Å²) < 4.78 is 7.11. The number of benzene rings is 2. The van der Waals surface area contributed by atoms with Crippen molar-refractivity contribution in [1.29, 1.82) is 0 Å². The maximum Gasteiger partial charge on any atom is 0.263 e. The lowest BCUT2D eigenvalue weighted by molar-refractivity contribution is -0.118. The molecule has 25 heavy (non-hydrogen) atoms. The Morgan fingerprint density at radius 3 is 2.76 bits per heavy atom. The van der Waals surface area contributed by atoms with Crippen LogP contribution in [0, 0.1) is 0 Å². The van der Waals surface area contributed by atoms with Crippen LogP contribution in [0.5, 0.6) is 5.75 Å². The third-order valence-corrected chi connectivity index (χ3v) is 3.95. The van der Waals surface area contributed by atoms with Gasteiger partial charge in [-0.05, 0) is 29.8 Å². The summed E-state index contributed by atoms with van der Waals surface area (Å²) in [6.07, 6.45) is 1.62. The number of nitrogens with one attached hydrogen (secondary N) is 1. The van der Waals surface area contributed by atoms with Gasteiger partial charge in [-0.1, -0.05) is 47.5 Å². The molecule has 1 N–H and O–H groups in total. The highest BCUT2D eigenvalue weighted by molar-refractivity contribution is 6.32. The summed E-state index contributed by atoms with van der Waals surface area (Å²) in [5, 5.41) is 8.11. The fraction of sp³-hybridized carbons (Fsp3) is 0.111. The van der Waals surface area contributed by atoms with Crippen molar-refractivity contribution in [3.8, 4) is 5.75 Å². The van der Waals surface area contributed by atoms with E-state index in [1.54, 1.807) is 41.2 Å². The van der Waals surface area contributed by atoms with Crippen molar-refractivity contribution in [2.24, 2.45) is 0 Å². The average Bonchev–Trinajstić information content (AvgIpc) is 3.01. The lowest BCUT2D eigenvalue weighted by atomic mass is 10.2. The second-order valence-corrected chi connectivity index (χ2v) is 6.11. The number of anilines is 1. The highest BCUT2D eigenvalue weighted by Gasteiger charge is 2.10. The summed E-state index contributed by atoms with van der Waals surface area (Å²) in [5.41, 5.74) is 0.985. The minimum Gasteiger partial charge on any atom is -0.482 e. The van der Waals surface area contributed by atoms with Crippen molar-refractivity contribution in [3.63, 3.8) is 0 Å². The van der Waals surface area contributed by atoms with Crippen LogP contribution < -0.4 is 10.1 Å². The summed E-state index contributed by atoms with van der Waals surface area (Å²) in [7, 11) is 0. The van der Waals surface area contributed by atoms with Gasteiger partial charge in [-0.3, -0.25) is 4.79 Å². The van der Waals surface area contributed by atoms with Gasteiger partial charge in [0.2, 0.25) is 0 Å². The highest BCUT2D eigenvalue weighted by atomic mass is 35.5. The molecule has 128 valence electrons. The van der Waals surface area contributed by atoms with Crippen LogP contribution in [0.15, 0.2) is 60.8 Å². The summed E-state index contributed by atoms with van der Waals surface area (Å²) >= 11 is 12.0. The molecule has 0 unspecified atom stereocenters. The summed E-state index contributed by atoms with van der Waals surface area (Å²) in [6, 6.07) is 16.2. The number of aromatic nitrogens is 2. The lowest BCUT2D eigenvalue weighted by Crippen LogP contribution is -2.22. The fourth-order valence-corrected chi connectivity index (χ4v) is 2.66. The summed E-state index contributed by atoms with van der Waals surface area (Å²) in [4.78, 5) is 12.1. The first-order valence-corrected chi connectivity index (χ1v) is 8.31. The number of rotatable bonds is 6. The van der Waals surface area contributed by atoms with Crippen LogP contribution in [0.25, 0.3) is 0 Å². The van der Waals surface area contributed by atoms with Gasteiger partial charge in [0.15, 0.2) is 6.61 Å². The first-order valence-electron chi connectivity index (χ1n) is 7.55. The number of amides is 1. The largest absolute Gasteiger partial charge is 0.482 e. The van der Waals surface area contributed by atoms with Crippen molar-refractivity contribution < 1.29 is 9.53 Å². The molecular formula is C18H15Cl2N3O2. The van der Waals surface area contributed by atoms with E-state index in [1.807, 2.05) is 24.3 Å². The van der Waals surface area contributed by atoms with E-state index >= 15 is 0 Å². The normalized spacial score (nSPS) is 10.5. The molecule has 0 fully saturated rings. The minimum atomic E-state index is -0.298. The molecule has 0 radical (unpaired) electrons. The van der Waals surface area contributed by atoms with Crippen LogP contribution in [-0.4, -0.2) is 22.3 Å². The van der Waals surface area contributed by atoms with Crippen LogP contribution in [0.2, 0.25) is 10.0 Å². The van der Waals surface area contributed by atoms with E-state index < -0.39 is 0 Å². The van der Waals surface area contributed by atoms with E-state index in [-0.39, 0.29) is 12.5 Å². The summed E-state index contributed by atoms with van der Waals surface area (Å²) in [6.45, 7) is 0.348. The van der Waals surface area contributed by atoms with Crippen LogP contribution in [0.1, 0.15) is 5.56 Å². The molecule has 2 aromatic carbocycles. The van der Waals surface area contributed by atoms with E-state index in [4.69, 9.17) is 27.9 Å². The van der Waals surface area contributed by atoms with Gasteiger partial charge in [0, 0.05) is 11.1 Å². The molecule has 0 aliphatic carbocycles. The van der Waals surface area contributed by atoms with Crippen LogP contribution >= 0.6 is 23.2 Å². The van der Waals surface area contributed by atoms with Crippen molar-refractivity contribution in [2.75, 3.05) is 11.9 Å². The van der Waals surface area contributed by atoms with E-state index in [0.717, 1.165) is 5.56 Å². The molecule has 0 saturated heterocycles. The van der Waals surface area contributed by atoms with Gasteiger partial charge in [0.1, 0.15) is 11.6 Å². The van der Waals surface area contributed by atoms with Gasteiger partial charge in [-0.15, -0.1) is 0 Å². The highest BCUT2D eigenvalue weighted by Crippen LogP contribution is 2.23. The van der Waals surface area contributed by atoms with Crippen molar-refractivity contribution in [1.82, 2.24) is 9.78 Å². The first-order chi connectivity index (χ1) is 12.1. The van der Waals surface area contributed by atoms with Crippen molar-refractivity contribution in [3.05, 3.63) is 76.4 Å². The number of hydrogen-bond donors (Lipinski definition) is 1. The molecule has 0 bridgehead atoms. The quantitative estimate of drug-likeness (QED) is 0.700. The smallest absolute Gasteiger partial charge is 0.263 e. The molecular weight excluding hydrogens is 361 g/mol. The Balaban J connectivity index is 1.61.